The maximum Gasteiger partial charge on any atom is 0.0552 e. The van der Waals surface area contributed by atoms with Crippen molar-refractivity contribution in [3.05, 3.63) is 34.3 Å². The molecule has 1 atom stereocenters. The minimum atomic E-state index is -0.223. The molecule has 0 heterocycles. The van der Waals surface area contributed by atoms with Gasteiger partial charge in [0, 0.05) is 28.8 Å². The van der Waals surface area contributed by atoms with Gasteiger partial charge in [0.25, 0.3) is 0 Å². The van der Waals surface area contributed by atoms with E-state index in [1.807, 2.05) is 19.1 Å². The number of halogens is 3. The highest BCUT2D eigenvalue weighted by atomic mass is 79.9. The van der Waals surface area contributed by atoms with Crippen molar-refractivity contribution in [2.45, 2.75) is 24.9 Å². The van der Waals surface area contributed by atoms with Gasteiger partial charge in [0.1, 0.15) is 0 Å². The Balaban J connectivity index is 3.01. The Bertz CT molecular complexity index is 336. The van der Waals surface area contributed by atoms with Crippen LogP contribution in [0.15, 0.2) is 28.7 Å². The molecule has 0 aliphatic heterocycles. The van der Waals surface area contributed by atoms with Crippen molar-refractivity contribution in [1.29, 1.82) is 0 Å². The topological polar surface area (TPSA) is 9.23 Å². The van der Waals surface area contributed by atoms with Gasteiger partial charge in [0.15, 0.2) is 0 Å². The molecule has 1 nitrogen and oxygen atoms in total. The first-order valence-corrected chi connectivity index (χ1v) is 7.35. The van der Waals surface area contributed by atoms with Gasteiger partial charge in [-0.05, 0) is 31.0 Å². The molecule has 1 rings (SSSR count). The lowest BCUT2D eigenvalue weighted by Crippen LogP contribution is -2.34. The lowest BCUT2D eigenvalue weighted by atomic mass is 9.79. The third kappa shape index (κ3) is 3.85. The summed E-state index contributed by atoms with van der Waals surface area (Å²) in [4.78, 5) is 0. The summed E-state index contributed by atoms with van der Waals surface area (Å²) in [6.45, 7) is 2.03. The monoisotopic (exact) mass is 338 g/mol. The number of rotatable bonds is 6. The van der Waals surface area contributed by atoms with Crippen molar-refractivity contribution in [2.24, 2.45) is 0 Å². The van der Waals surface area contributed by atoms with Gasteiger partial charge in [-0.2, -0.15) is 0 Å². The molecule has 0 fully saturated rings. The lowest BCUT2D eigenvalue weighted by Gasteiger charge is -2.32. The molecular formula is C13H17BrCl2O. The van der Waals surface area contributed by atoms with Gasteiger partial charge in [0.2, 0.25) is 0 Å². The van der Waals surface area contributed by atoms with Crippen LogP contribution in [-0.2, 0) is 10.2 Å². The highest BCUT2D eigenvalue weighted by Gasteiger charge is 2.32. The lowest BCUT2D eigenvalue weighted by molar-refractivity contribution is 0.0938. The zero-order chi connectivity index (χ0) is 12.9. The number of alkyl halides is 2. The number of methoxy groups -OCH3 is 1. The van der Waals surface area contributed by atoms with Gasteiger partial charge < -0.3 is 4.74 Å². The molecule has 0 amide bonds. The number of benzene rings is 1. The molecular weight excluding hydrogens is 323 g/mol. The minimum Gasteiger partial charge on any atom is -0.382 e. The van der Waals surface area contributed by atoms with Crippen LogP contribution in [0, 0.1) is 0 Å². The molecule has 0 radical (unpaired) electrons. The molecule has 96 valence electrons. The summed E-state index contributed by atoms with van der Waals surface area (Å²) in [5, 5.41) is 0. The molecule has 0 aromatic heterocycles. The predicted molar refractivity (Wildman–Crippen MR) is 78.3 cm³/mol. The third-order valence-electron chi connectivity index (χ3n) is 3.05. The molecule has 17 heavy (non-hydrogen) atoms. The maximum absolute atomic E-state index is 6.15. The van der Waals surface area contributed by atoms with Crippen LogP contribution < -0.4 is 0 Å². The van der Waals surface area contributed by atoms with Crippen LogP contribution >= 0.6 is 39.1 Å². The van der Waals surface area contributed by atoms with Gasteiger partial charge in [-0.1, -0.05) is 28.1 Å². The molecule has 0 saturated heterocycles. The van der Waals surface area contributed by atoms with E-state index >= 15 is 0 Å². The van der Waals surface area contributed by atoms with E-state index in [4.69, 9.17) is 27.9 Å². The molecule has 0 aliphatic carbocycles. The van der Waals surface area contributed by atoms with Crippen molar-refractivity contribution < 1.29 is 4.74 Å². The van der Waals surface area contributed by atoms with Crippen LogP contribution in [0.25, 0.3) is 0 Å². The van der Waals surface area contributed by atoms with Crippen LogP contribution in [0.5, 0.6) is 0 Å². The van der Waals surface area contributed by atoms with E-state index in [-0.39, 0.29) is 11.5 Å². The first kappa shape index (κ1) is 15.3. The summed E-state index contributed by atoms with van der Waals surface area (Å²) in [5.74, 6) is 0.984. The van der Waals surface area contributed by atoms with E-state index in [1.54, 1.807) is 7.11 Å². The average molecular weight is 340 g/mol. The van der Waals surface area contributed by atoms with E-state index in [2.05, 4.69) is 28.1 Å². The van der Waals surface area contributed by atoms with Crippen LogP contribution in [-0.4, -0.2) is 25.0 Å². The number of hydrogen-bond acceptors (Lipinski definition) is 1. The number of hydrogen-bond donors (Lipinski definition) is 0. The molecule has 0 bridgehead atoms. The molecule has 1 aromatic carbocycles. The van der Waals surface area contributed by atoms with Crippen LogP contribution in [0.2, 0.25) is 0 Å². The fourth-order valence-electron chi connectivity index (χ4n) is 1.85. The SMILES string of the molecule is COC(C)CC(CCl)(CCl)c1ccc(Br)cc1. The highest BCUT2D eigenvalue weighted by Crippen LogP contribution is 2.33. The molecule has 1 unspecified atom stereocenters. The Labute approximate surface area is 122 Å². The molecule has 0 spiro atoms. The second-order valence-corrected chi connectivity index (χ2v) is 5.76. The van der Waals surface area contributed by atoms with Gasteiger partial charge in [-0.25, -0.2) is 0 Å². The first-order valence-electron chi connectivity index (χ1n) is 5.49. The van der Waals surface area contributed by atoms with Gasteiger partial charge in [-0.3, -0.25) is 0 Å². The second-order valence-electron chi connectivity index (χ2n) is 4.30. The summed E-state index contributed by atoms with van der Waals surface area (Å²) in [5.41, 5.74) is 0.939. The quantitative estimate of drug-likeness (QED) is 0.689. The highest BCUT2D eigenvalue weighted by molar-refractivity contribution is 9.10. The van der Waals surface area contributed by atoms with Gasteiger partial charge in [-0.15, -0.1) is 23.2 Å². The van der Waals surface area contributed by atoms with Crippen molar-refractivity contribution in [2.75, 3.05) is 18.9 Å². The fraction of sp³-hybridized carbons (Fsp3) is 0.538. The van der Waals surface area contributed by atoms with Crippen molar-refractivity contribution in [1.82, 2.24) is 0 Å². The van der Waals surface area contributed by atoms with E-state index in [1.165, 1.54) is 0 Å². The largest absolute Gasteiger partial charge is 0.382 e. The summed E-state index contributed by atoms with van der Waals surface area (Å²) in [6.07, 6.45) is 0.953. The van der Waals surface area contributed by atoms with E-state index in [0.29, 0.717) is 11.8 Å². The van der Waals surface area contributed by atoms with Gasteiger partial charge in [0.05, 0.1) is 6.10 Å². The van der Waals surface area contributed by atoms with Crippen LogP contribution in [0.4, 0.5) is 0 Å². The molecule has 0 saturated carbocycles. The molecule has 4 heteroatoms. The van der Waals surface area contributed by atoms with Crippen LogP contribution in [0.1, 0.15) is 18.9 Å². The molecule has 0 N–H and O–H groups in total. The summed E-state index contributed by atoms with van der Waals surface area (Å²) in [7, 11) is 1.71. The third-order valence-corrected chi connectivity index (χ3v) is 4.60. The Hall–Kier alpha value is 0.240. The van der Waals surface area contributed by atoms with Crippen molar-refractivity contribution in [3.63, 3.8) is 0 Å². The summed E-state index contributed by atoms with van der Waals surface area (Å²) < 4.78 is 6.38. The number of ether oxygens (including phenoxy) is 1. The van der Waals surface area contributed by atoms with Gasteiger partial charge >= 0.3 is 0 Å². The summed E-state index contributed by atoms with van der Waals surface area (Å²) in [6, 6.07) is 8.16. The normalized spacial score (nSPS) is 13.7. The second kappa shape index (κ2) is 6.98. The smallest absolute Gasteiger partial charge is 0.0552 e. The van der Waals surface area contributed by atoms with Crippen LogP contribution in [0.3, 0.4) is 0 Å². The maximum atomic E-state index is 6.15. The fourth-order valence-corrected chi connectivity index (χ4v) is 2.93. The predicted octanol–water partition coefficient (Wildman–Crippen LogP) is 4.59. The zero-order valence-corrected chi connectivity index (χ0v) is 13.1. The van der Waals surface area contributed by atoms with E-state index in [0.717, 1.165) is 16.5 Å². The zero-order valence-electron chi connectivity index (χ0n) is 10.1. The summed E-state index contributed by atoms with van der Waals surface area (Å²) >= 11 is 15.7. The van der Waals surface area contributed by atoms with E-state index < -0.39 is 0 Å². The molecule has 0 aliphatic rings. The van der Waals surface area contributed by atoms with Crippen molar-refractivity contribution >= 4 is 39.1 Å². The Morgan fingerprint density at radius 3 is 2.18 bits per heavy atom. The first-order chi connectivity index (χ1) is 8.07. The average Bonchev–Trinajstić information content (AvgIpc) is 2.37. The minimum absolute atomic E-state index is 0.135. The Kier molecular flexibility index (Phi) is 6.28. The standard InChI is InChI=1S/C13H17BrCl2O/c1-10(17-2)7-13(8-15,9-16)11-3-5-12(14)6-4-11/h3-6,10H,7-9H2,1-2H3. The molecule has 1 aromatic rings. The Morgan fingerprint density at radius 2 is 1.76 bits per heavy atom. The Morgan fingerprint density at radius 1 is 1.24 bits per heavy atom. The van der Waals surface area contributed by atoms with E-state index in [9.17, 15) is 0 Å². The van der Waals surface area contributed by atoms with Crippen molar-refractivity contribution in [3.8, 4) is 0 Å².